The molecule has 0 fully saturated rings. The van der Waals surface area contributed by atoms with Crippen LogP contribution in [-0.2, 0) is 22.9 Å². The van der Waals surface area contributed by atoms with Crippen molar-refractivity contribution in [2.45, 2.75) is 63.3 Å². The van der Waals surface area contributed by atoms with Crippen molar-refractivity contribution >= 4 is 33.2 Å². The Morgan fingerprint density at radius 3 is 2.23 bits per heavy atom. The Morgan fingerprint density at radius 1 is 0.933 bits per heavy atom. The van der Waals surface area contributed by atoms with Crippen molar-refractivity contribution in [2.75, 3.05) is 0 Å². The third-order valence-corrected chi connectivity index (χ3v) is 7.64. The second kappa shape index (κ2) is 8.87. The smallest absolute Gasteiger partial charge is 0.267 e. The minimum absolute atomic E-state index is 0.0677. The Labute approximate surface area is 181 Å². The minimum atomic E-state index is -3.68. The molecule has 2 amide bonds. The van der Waals surface area contributed by atoms with Gasteiger partial charge in [0.15, 0.2) is 0 Å². The first-order valence-corrected chi connectivity index (χ1v) is 12.2. The van der Waals surface area contributed by atoms with Crippen LogP contribution in [0.25, 0.3) is 0 Å². The normalized spacial score (nSPS) is 14.5. The van der Waals surface area contributed by atoms with Crippen LogP contribution in [-0.4, -0.2) is 25.8 Å². The molecule has 30 heavy (non-hydrogen) atoms. The van der Waals surface area contributed by atoms with Gasteiger partial charge < -0.3 is 0 Å². The number of hydrogen-bond donors (Lipinski definition) is 3. The van der Waals surface area contributed by atoms with Crippen molar-refractivity contribution in [1.29, 1.82) is 0 Å². The molecule has 7 nitrogen and oxygen atoms in total. The highest BCUT2D eigenvalue weighted by molar-refractivity contribution is 7.89. The molecule has 0 saturated carbocycles. The molecule has 0 aliphatic heterocycles. The van der Waals surface area contributed by atoms with E-state index in [-0.39, 0.29) is 16.4 Å². The molecule has 3 N–H and O–H groups in total. The Balaban J connectivity index is 1.60. The van der Waals surface area contributed by atoms with E-state index in [2.05, 4.69) is 15.6 Å². The zero-order valence-electron chi connectivity index (χ0n) is 17.4. The SMILES string of the molecule is CC(C)(C)NS(=O)(=O)c1ccc(C(=O)NNC(=O)c2cc3c(s2)CCCCC3)cc1. The third-order valence-electron chi connectivity index (χ3n) is 4.63. The molecule has 0 saturated heterocycles. The standard InChI is InChI=1S/C21H27N3O4S2/c1-21(2,3)24-30(27,28)16-11-9-14(10-12-16)19(25)22-23-20(26)18-13-15-7-5-4-6-8-17(15)29-18/h9-13,24H,4-8H2,1-3H3,(H,22,25)(H,23,26). The number of carbonyl (C=O) groups is 2. The summed E-state index contributed by atoms with van der Waals surface area (Å²) in [4.78, 5) is 26.6. The van der Waals surface area contributed by atoms with Crippen molar-refractivity contribution in [3.63, 3.8) is 0 Å². The lowest BCUT2D eigenvalue weighted by molar-refractivity contribution is 0.0849. The summed E-state index contributed by atoms with van der Waals surface area (Å²) in [7, 11) is -3.68. The van der Waals surface area contributed by atoms with Gasteiger partial charge in [-0.15, -0.1) is 11.3 Å². The monoisotopic (exact) mass is 449 g/mol. The number of fused-ring (bicyclic) bond motifs is 1. The van der Waals surface area contributed by atoms with E-state index in [9.17, 15) is 18.0 Å². The zero-order valence-corrected chi connectivity index (χ0v) is 19.0. The van der Waals surface area contributed by atoms with Crippen LogP contribution >= 0.6 is 11.3 Å². The first kappa shape index (κ1) is 22.5. The van der Waals surface area contributed by atoms with E-state index >= 15 is 0 Å². The minimum Gasteiger partial charge on any atom is -0.267 e. The second-order valence-electron chi connectivity index (χ2n) is 8.41. The highest BCUT2D eigenvalue weighted by atomic mass is 32.2. The van der Waals surface area contributed by atoms with E-state index in [0.29, 0.717) is 4.88 Å². The van der Waals surface area contributed by atoms with Gasteiger partial charge in [0.25, 0.3) is 11.8 Å². The van der Waals surface area contributed by atoms with Gasteiger partial charge in [-0.25, -0.2) is 13.1 Å². The Hall–Kier alpha value is -2.23. The number of carbonyl (C=O) groups excluding carboxylic acids is 2. The first-order chi connectivity index (χ1) is 14.0. The van der Waals surface area contributed by atoms with Crippen LogP contribution < -0.4 is 15.6 Å². The molecule has 2 aromatic rings. The summed E-state index contributed by atoms with van der Waals surface area (Å²) >= 11 is 1.48. The summed E-state index contributed by atoms with van der Waals surface area (Å²) in [6.07, 6.45) is 5.48. The van der Waals surface area contributed by atoms with Crippen LogP contribution in [0.3, 0.4) is 0 Å². The van der Waals surface area contributed by atoms with E-state index in [4.69, 9.17) is 0 Å². The molecule has 1 aliphatic carbocycles. The summed E-state index contributed by atoms with van der Waals surface area (Å²) in [6, 6.07) is 7.45. The predicted octanol–water partition coefficient (Wildman–Crippen LogP) is 3.17. The fourth-order valence-electron chi connectivity index (χ4n) is 3.27. The predicted molar refractivity (Wildman–Crippen MR) is 117 cm³/mol. The molecule has 0 bridgehead atoms. The summed E-state index contributed by atoms with van der Waals surface area (Å²) in [6.45, 7) is 5.25. The largest absolute Gasteiger partial charge is 0.279 e. The van der Waals surface area contributed by atoms with E-state index in [1.165, 1.54) is 52.5 Å². The van der Waals surface area contributed by atoms with E-state index in [0.717, 1.165) is 25.7 Å². The molecule has 0 atom stereocenters. The molecular formula is C21H27N3O4S2. The average Bonchev–Trinajstić information content (AvgIpc) is 2.95. The van der Waals surface area contributed by atoms with E-state index in [1.54, 1.807) is 20.8 Å². The second-order valence-corrected chi connectivity index (χ2v) is 11.2. The third kappa shape index (κ3) is 5.68. The van der Waals surface area contributed by atoms with Crippen molar-refractivity contribution in [2.24, 2.45) is 0 Å². The summed E-state index contributed by atoms with van der Waals surface area (Å²) < 4.78 is 27.2. The van der Waals surface area contributed by atoms with Gasteiger partial charge in [0.2, 0.25) is 10.0 Å². The lowest BCUT2D eigenvalue weighted by Gasteiger charge is -2.20. The maximum Gasteiger partial charge on any atom is 0.279 e. The molecular weight excluding hydrogens is 422 g/mol. The molecule has 0 unspecified atom stereocenters. The number of rotatable bonds is 4. The molecule has 3 rings (SSSR count). The van der Waals surface area contributed by atoms with Gasteiger partial charge in [-0.05, 0) is 82.3 Å². The molecule has 1 aromatic carbocycles. The van der Waals surface area contributed by atoms with E-state index in [1.807, 2.05) is 6.07 Å². The average molecular weight is 450 g/mol. The van der Waals surface area contributed by atoms with Gasteiger partial charge in [-0.1, -0.05) is 6.42 Å². The van der Waals surface area contributed by atoms with Crippen LogP contribution in [0, 0.1) is 0 Å². The van der Waals surface area contributed by atoms with Crippen LogP contribution in [0.15, 0.2) is 35.2 Å². The molecule has 9 heteroatoms. The molecule has 162 valence electrons. The topological polar surface area (TPSA) is 104 Å². The molecule has 1 aromatic heterocycles. The van der Waals surface area contributed by atoms with Gasteiger partial charge in [0.1, 0.15) is 0 Å². The van der Waals surface area contributed by atoms with Crippen LogP contribution in [0.4, 0.5) is 0 Å². The summed E-state index contributed by atoms with van der Waals surface area (Å²) in [5.74, 6) is -0.871. The Morgan fingerprint density at radius 2 is 1.57 bits per heavy atom. The van der Waals surface area contributed by atoms with Gasteiger partial charge in [0.05, 0.1) is 9.77 Å². The van der Waals surface area contributed by atoms with Gasteiger partial charge in [-0.3, -0.25) is 20.4 Å². The van der Waals surface area contributed by atoms with Crippen LogP contribution in [0.5, 0.6) is 0 Å². The maximum atomic E-state index is 12.4. The first-order valence-electron chi connectivity index (χ1n) is 9.91. The van der Waals surface area contributed by atoms with Crippen molar-refractivity contribution < 1.29 is 18.0 Å². The van der Waals surface area contributed by atoms with Crippen LogP contribution in [0.1, 0.15) is 70.5 Å². The number of hydrogen-bond acceptors (Lipinski definition) is 5. The summed E-state index contributed by atoms with van der Waals surface area (Å²) in [5, 5.41) is 0. The van der Waals surface area contributed by atoms with Crippen molar-refractivity contribution in [3.05, 3.63) is 51.2 Å². The van der Waals surface area contributed by atoms with Crippen LogP contribution in [0.2, 0.25) is 0 Å². The lowest BCUT2D eigenvalue weighted by Crippen LogP contribution is -2.41. The van der Waals surface area contributed by atoms with Gasteiger partial charge in [-0.2, -0.15) is 0 Å². The molecule has 1 heterocycles. The molecule has 0 radical (unpaired) electrons. The maximum absolute atomic E-state index is 12.4. The number of thiophene rings is 1. The lowest BCUT2D eigenvalue weighted by atomic mass is 10.1. The highest BCUT2D eigenvalue weighted by Gasteiger charge is 2.22. The molecule has 0 spiro atoms. The Kier molecular flexibility index (Phi) is 6.64. The van der Waals surface area contributed by atoms with E-state index < -0.39 is 21.5 Å². The zero-order chi connectivity index (χ0) is 21.9. The highest BCUT2D eigenvalue weighted by Crippen LogP contribution is 2.28. The Bertz CT molecular complexity index is 1010. The fraction of sp³-hybridized carbons (Fsp3) is 0.429. The summed E-state index contributed by atoms with van der Waals surface area (Å²) in [5.41, 5.74) is 5.69. The fourth-order valence-corrected chi connectivity index (χ4v) is 5.84. The van der Waals surface area contributed by atoms with Crippen molar-refractivity contribution in [1.82, 2.24) is 15.6 Å². The number of aryl methyl sites for hydroxylation is 2. The van der Waals surface area contributed by atoms with Gasteiger partial charge in [0, 0.05) is 16.0 Å². The number of hydrazine groups is 1. The number of sulfonamides is 1. The number of amides is 2. The quantitative estimate of drug-likeness (QED) is 0.493. The molecule has 1 aliphatic rings. The van der Waals surface area contributed by atoms with Crippen molar-refractivity contribution in [3.8, 4) is 0 Å². The number of benzene rings is 1. The number of nitrogens with one attached hydrogen (secondary N) is 3. The van der Waals surface area contributed by atoms with Gasteiger partial charge >= 0.3 is 0 Å².